The van der Waals surface area contributed by atoms with Crippen LogP contribution >= 0.6 is 0 Å². The van der Waals surface area contributed by atoms with Crippen molar-refractivity contribution in [2.24, 2.45) is 0 Å². The first-order valence-corrected chi connectivity index (χ1v) is 7.04. The maximum absolute atomic E-state index is 11.9. The number of ketones is 1. The van der Waals surface area contributed by atoms with E-state index in [0.717, 1.165) is 0 Å². The van der Waals surface area contributed by atoms with Gasteiger partial charge in [-0.2, -0.15) is 4.79 Å². The van der Waals surface area contributed by atoms with Gasteiger partial charge in [0.05, 0.1) is 17.9 Å². The smallest absolute Gasteiger partial charge is 0.422 e. The number of pyridine rings is 1. The number of hydrogen-bond acceptors (Lipinski definition) is 4. The van der Waals surface area contributed by atoms with Gasteiger partial charge in [-0.1, -0.05) is 18.2 Å². The fourth-order valence-electron chi connectivity index (χ4n) is 2.08. The molecule has 0 amide bonds. The zero-order chi connectivity index (χ0) is 16.8. The molecule has 23 heavy (non-hydrogen) atoms. The van der Waals surface area contributed by atoms with Gasteiger partial charge in [0.1, 0.15) is 0 Å². The van der Waals surface area contributed by atoms with Gasteiger partial charge in [-0.3, -0.25) is 9.78 Å². The van der Waals surface area contributed by atoms with Gasteiger partial charge in [0.25, 0.3) is 0 Å². The zero-order valence-corrected chi connectivity index (χ0v) is 12.8. The van der Waals surface area contributed by atoms with E-state index in [2.05, 4.69) is 9.77 Å². The molecule has 1 aromatic heterocycles. The minimum atomic E-state index is -0.720. The Bertz CT molecular complexity index is 791. The second-order valence-corrected chi connectivity index (χ2v) is 4.70. The molecule has 6 nitrogen and oxygen atoms in total. The molecule has 0 fully saturated rings. The maximum atomic E-state index is 11.9. The predicted octanol–water partition coefficient (Wildman–Crippen LogP) is 2.53. The lowest BCUT2D eigenvalue weighted by Gasteiger charge is -2.06. The van der Waals surface area contributed by atoms with Crippen molar-refractivity contribution in [3.05, 3.63) is 59.3 Å². The van der Waals surface area contributed by atoms with E-state index in [9.17, 15) is 15.1 Å². The van der Waals surface area contributed by atoms with E-state index < -0.39 is 5.97 Å². The Morgan fingerprint density at radius 2 is 1.96 bits per heavy atom. The molecule has 0 aliphatic rings. The van der Waals surface area contributed by atoms with Crippen LogP contribution < -0.4 is 0 Å². The van der Waals surface area contributed by atoms with Gasteiger partial charge in [-0.05, 0) is 32.0 Å². The van der Waals surface area contributed by atoms with Gasteiger partial charge < -0.3 is 10.3 Å². The quantitative estimate of drug-likeness (QED) is 0.279. The molecule has 0 spiro atoms. The first-order valence-electron chi connectivity index (χ1n) is 7.04. The number of benzene rings is 1. The summed E-state index contributed by atoms with van der Waals surface area (Å²) in [6, 6.07) is 10.2. The lowest BCUT2D eigenvalue weighted by Crippen LogP contribution is -2.20. The van der Waals surface area contributed by atoms with Gasteiger partial charge in [0.2, 0.25) is 0 Å². The summed E-state index contributed by atoms with van der Waals surface area (Å²) in [7, 11) is 0. The summed E-state index contributed by atoms with van der Waals surface area (Å²) in [6.07, 6.45) is 1.47. The molecular formula is C17H15N3O3. The normalized spacial score (nSPS) is 9.83. The van der Waals surface area contributed by atoms with E-state index in [1.165, 1.54) is 13.1 Å². The summed E-state index contributed by atoms with van der Waals surface area (Å²) in [6.45, 7) is 3.30. The third-order valence-corrected chi connectivity index (χ3v) is 3.20. The van der Waals surface area contributed by atoms with E-state index in [-0.39, 0.29) is 18.1 Å². The maximum Gasteiger partial charge on any atom is 0.422 e. The van der Waals surface area contributed by atoms with E-state index in [1.54, 1.807) is 43.3 Å². The number of aromatic nitrogens is 1. The van der Waals surface area contributed by atoms with E-state index in [0.29, 0.717) is 22.4 Å². The highest BCUT2D eigenvalue weighted by molar-refractivity contribution is 6.42. The molecule has 0 aliphatic carbocycles. The van der Waals surface area contributed by atoms with Crippen LogP contribution in [0.3, 0.4) is 0 Å². The van der Waals surface area contributed by atoms with Crippen LogP contribution in [0.1, 0.15) is 29.8 Å². The molecule has 0 aliphatic heterocycles. The van der Waals surface area contributed by atoms with Crippen LogP contribution in [0.4, 0.5) is 0 Å². The Morgan fingerprint density at radius 1 is 1.22 bits per heavy atom. The zero-order valence-electron chi connectivity index (χ0n) is 12.8. The molecule has 0 atom stereocenters. The molecule has 0 radical (unpaired) electrons. The van der Waals surface area contributed by atoms with Crippen LogP contribution in [0.5, 0.6) is 0 Å². The van der Waals surface area contributed by atoms with Crippen molar-refractivity contribution in [3.8, 4) is 11.3 Å². The van der Waals surface area contributed by atoms with Gasteiger partial charge in [0, 0.05) is 17.3 Å². The highest BCUT2D eigenvalue weighted by Gasteiger charge is 2.27. The van der Waals surface area contributed by atoms with Crippen LogP contribution in [0.25, 0.3) is 16.8 Å². The van der Waals surface area contributed by atoms with Gasteiger partial charge in [-0.25, -0.2) is 4.79 Å². The monoisotopic (exact) mass is 309 g/mol. The molecule has 1 aromatic carbocycles. The standard InChI is InChI=1S/C17H15N3O3/c1-3-23-17(22)16(20-18)14-7-5-4-6-13(14)15-9-8-12(10-19-15)11(2)21/h4-10H,3H2,1-2H3. The third-order valence-electron chi connectivity index (χ3n) is 3.20. The highest BCUT2D eigenvalue weighted by Crippen LogP contribution is 2.22. The molecule has 0 bridgehead atoms. The molecule has 2 aromatic rings. The first kappa shape index (κ1) is 16.3. The van der Waals surface area contributed by atoms with Gasteiger partial charge in [-0.15, -0.1) is 0 Å². The molecule has 0 saturated carbocycles. The Hall–Kier alpha value is -3.11. The van der Waals surface area contributed by atoms with E-state index >= 15 is 0 Å². The van der Waals surface area contributed by atoms with Gasteiger partial charge in [0.15, 0.2) is 5.78 Å². The fraction of sp³-hybridized carbons (Fsp3) is 0.176. The number of carbonyl (C=O) groups excluding carboxylic acids is 2. The Labute approximate surface area is 133 Å². The molecule has 0 saturated heterocycles. The van der Waals surface area contributed by atoms with Crippen molar-refractivity contribution in [1.82, 2.24) is 4.98 Å². The van der Waals surface area contributed by atoms with Crippen LogP contribution in [0, 0.1) is 0 Å². The summed E-state index contributed by atoms with van der Waals surface area (Å²) in [5.74, 6) is -0.802. The Balaban J connectivity index is 2.51. The van der Waals surface area contributed by atoms with Crippen molar-refractivity contribution >= 4 is 17.5 Å². The second kappa shape index (κ2) is 7.24. The number of esters is 1. The first-order chi connectivity index (χ1) is 11.1. The van der Waals surface area contributed by atoms with Crippen LogP contribution in [0.15, 0.2) is 42.6 Å². The number of carbonyl (C=O) groups is 2. The number of nitrogens with zero attached hydrogens (tertiary/aromatic N) is 3. The van der Waals surface area contributed by atoms with Crippen LogP contribution in [-0.4, -0.2) is 33.8 Å². The third kappa shape index (κ3) is 3.56. The van der Waals surface area contributed by atoms with Crippen molar-refractivity contribution in [1.29, 1.82) is 0 Å². The molecular weight excluding hydrogens is 294 g/mol. The summed E-state index contributed by atoms with van der Waals surface area (Å²) in [4.78, 5) is 30.6. The molecule has 0 N–H and O–H groups in total. The lowest BCUT2D eigenvalue weighted by molar-refractivity contribution is -0.139. The van der Waals surface area contributed by atoms with Crippen molar-refractivity contribution in [2.75, 3.05) is 6.61 Å². The van der Waals surface area contributed by atoms with E-state index in [1.807, 2.05) is 0 Å². The summed E-state index contributed by atoms with van der Waals surface area (Å²) in [5.41, 5.74) is 11.0. The highest BCUT2D eigenvalue weighted by atomic mass is 16.5. The van der Waals surface area contributed by atoms with Crippen molar-refractivity contribution in [2.45, 2.75) is 13.8 Å². The molecule has 6 heteroatoms. The number of hydrogen-bond donors (Lipinski definition) is 0. The van der Waals surface area contributed by atoms with Crippen LogP contribution in [-0.2, 0) is 9.53 Å². The summed E-state index contributed by atoms with van der Waals surface area (Å²) in [5, 5.41) is 0. The fourth-order valence-corrected chi connectivity index (χ4v) is 2.08. The van der Waals surface area contributed by atoms with E-state index in [4.69, 9.17) is 4.74 Å². The minimum absolute atomic E-state index is 0.0820. The lowest BCUT2D eigenvalue weighted by atomic mass is 9.99. The summed E-state index contributed by atoms with van der Waals surface area (Å²) < 4.78 is 4.90. The average molecular weight is 309 g/mol. The molecule has 116 valence electrons. The van der Waals surface area contributed by atoms with Crippen molar-refractivity contribution < 1.29 is 19.1 Å². The number of Topliss-reactive ketones (excluding diaryl/α,β-unsaturated/α-hetero) is 1. The SMILES string of the molecule is CCOC(=O)C(=[N+]=[N-])c1ccccc1-c1ccc(C(C)=O)cn1. The Morgan fingerprint density at radius 3 is 2.52 bits per heavy atom. The van der Waals surface area contributed by atoms with Crippen LogP contribution in [0.2, 0.25) is 0 Å². The largest absolute Gasteiger partial charge is 0.457 e. The Kier molecular flexibility index (Phi) is 5.12. The summed E-state index contributed by atoms with van der Waals surface area (Å²) >= 11 is 0. The predicted molar refractivity (Wildman–Crippen MR) is 84.0 cm³/mol. The molecule has 1 heterocycles. The molecule has 0 unspecified atom stereocenters. The van der Waals surface area contributed by atoms with Crippen molar-refractivity contribution in [3.63, 3.8) is 0 Å². The van der Waals surface area contributed by atoms with Gasteiger partial charge >= 0.3 is 11.7 Å². The minimum Gasteiger partial charge on any atom is -0.457 e. The molecule has 2 rings (SSSR count). The topological polar surface area (TPSA) is 92.7 Å². The number of ether oxygens (including phenoxy) is 1. The number of rotatable bonds is 5. The average Bonchev–Trinajstić information content (AvgIpc) is 2.56. The second-order valence-electron chi connectivity index (χ2n) is 4.70.